The summed E-state index contributed by atoms with van der Waals surface area (Å²) in [5, 5.41) is 47.4. The van der Waals surface area contributed by atoms with Crippen molar-refractivity contribution in [1.29, 1.82) is 21.6 Å². The topological polar surface area (TPSA) is 147 Å². The third kappa shape index (κ3) is 7.04. The summed E-state index contributed by atoms with van der Waals surface area (Å²) >= 11 is 1.99. The first kappa shape index (κ1) is 39.0. The van der Waals surface area contributed by atoms with Crippen LogP contribution in [-0.4, -0.2) is 40.1 Å². The summed E-state index contributed by atoms with van der Waals surface area (Å²) in [6, 6.07) is 60.2. The molecule has 4 aromatic heterocycles. The first-order valence-electron chi connectivity index (χ1n) is 20.5. The third-order valence-electron chi connectivity index (χ3n) is 11.4. The SMILES string of the molecule is N=C(SC(=N)c1ccc2ccc3ccc(C(=N)SC(=N)c4cccc(-c5cc6ccccc6c6ccccc56)n4)nc3c2n1)c1cccc(-c2cc3ccccc3c3ccccc23)n1. The van der Waals surface area contributed by atoms with E-state index in [1.807, 2.05) is 84.9 Å². The monoisotopic (exact) mass is 858 g/mol. The highest BCUT2D eigenvalue weighted by atomic mass is 32.2. The Morgan fingerprint density at radius 1 is 0.297 bits per heavy atom. The number of hydrogen-bond acceptors (Lipinski definition) is 10. The summed E-state index contributed by atoms with van der Waals surface area (Å²) in [7, 11) is 0. The van der Waals surface area contributed by atoms with Gasteiger partial charge in [-0.2, -0.15) is 0 Å². The molecule has 0 saturated heterocycles. The summed E-state index contributed by atoms with van der Waals surface area (Å²) < 4.78 is 0. The molecular formula is C54H34N8S2. The van der Waals surface area contributed by atoms with Crippen LogP contribution in [0.15, 0.2) is 182 Å². The average Bonchev–Trinajstić information content (AvgIpc) is 3.35. The second-order valence-corrected chi connectivity index (χ2v) is 17.4. The number of benzene rings is 7. The van der Waals surface area contributed by atoms with Gasteiger partial charge in [0.05, 0.1) is 45.2 Å². The molecule has 0 aliphatic rings. The molecule has 0 fully saturated rings. The van der Waals surface area contributed by atoms with Gasteiger partial charge in [0, 0.05) is 21.9 Å². The number of hydrogen-bond donors (Lipinski definition) is 4. The molecule has 302 valence electrons. The Kier molecular flexibility index (Phi) is 9.79. The van der Waals surface area contributed by atoms with E-state index in [1.54, 1.807) is 24.3 Å². The Balaban J connectivity index is 0.846. The molecule has 0 atom stereocenters. The molecule has 0 amide bonds. The maximum atomic E-state index is 9.07. The Labute approximate surface area is 375 Å². The Hall–Kier alpha value is -7.92. The minimum absolute atomic E-state index is 0.103. The third-order valence-corrected chi connectivity index (χ3v) is 13.1. The molecular weight excluding hydrogens is 825 g/mol. The minimum Gasteiger partial charge on any atom is -0.292 e. The van der Waals surface area contributed by atoms with Crippen LogP contribution in [0, 0.1) is 21.6 Å². The van der Waals surface area contributed by atoms with Crippen LogP contribution < -0.4 is 0 Å². The van der Waals surface area contributed by atoms with E-state index in [1.165, 1.54) is 10.8 Å². The standard InChI is InChI=1S/C54H34N8S2/c55-51(45-21-9-19-43(59-45)41-29-33-11-1-3-13-35(33)37-15-5-7-17-39(37)41)63-53(57)47-27-25-31-23-24-32-26-28-48(62-50(32)49(31)61-47)54(58)64-52(56)46-22-10-20-44(60-46)42-30-34-12-2-4-14-36(34)38-16-6-8-18-40(38)42/h1-30,55-58H. The fraction of sp³-hybridized carbons (Fsp3) is 0. The van der Waals surface area contributed by atoms with Crippen LogP contribution in [0.1, 0.15) is 22.8 Å². The summed E-state index contributed by atoms with van der Waals surface area (Å²) in [6.07, 6.45) is 0. The van der Waals surface area contributed by atoms with Crippen LogP contribution in [0.5, 0.6) is 0 Å². The van der Waals surface area contributed by atoms with E-state index in [0.29, 0.717) is 33.8 Å². The number of nitrogens with zero attached hydrogens (tertiary/aromatic N) is 4. The van der Waals surface area contributed by atoms with Gasteiger partial charge in [-0.15, -0.1) is 0 Å². The number of aromatic nitrogens is 4. The van der Waals surface area contributed by atoms with Crippen molar-refractivity contribution in [3.8, 4) is 22.5 Å². The van der Waals surface area contributed by atoms with E-state index >= 15 is 0 Å². The Bertz CT molecular complexity index is 3540. The second-order valence-electron chi connectivity index (χ2n) is 15.3. The molecule has 10 heteroatoms. The predicted octanol–water partition coefficient (Wildman–Crippen LogP) is 13.7. The number of fused-ring (bicyclic) bond motifs is 9. The van der Waals surface area contributed by atoms with E-state index in [-0.39, 0.29) is 20.2 Å². The lowest BCUT2D eigenvalue weighted by atomic mass is 9.95. The molecule has 0 unspecified atom stereocenters. The van der Waals surface area contributed by atoms with Gasteiger partial charge in [-0.1, -0.05) is 133 Å². The molecule has 8 nitrogen and oxygen atoms in total. The molecule has 0 bridgehead atoms. The molecule has 0 aliphatic carbocycles. The quantitative estimate of drug-likeness (QED) is 0.0744. The van der Waals surface area contributed by atoms with Crippen molar-refractivity contribution in [2.45, 2.75) is 0 Å². The fourth-order valence-corrected chi connectivity index (χ4v) is 9.67. The zero-order valence-corrected chi connectivity index (χ0v) is 35.6. The smallest absolute Gasteiger partial charge is 0.119 e. The Morgan fingerprint density at radius 2 is 0.641 bits per heavy atom. The maximum Gasteiger partial charge on any atom is 0.119 e. The first-order chi connectivity index (χ1) is 31.4. The van der Waals surface area contributed by atoms with Gasteiger partial charge in [0.2, 0.25) is 0 Å². The average molecular weight is 859 g/mol. The first-order valence-corrected chi connectivity index (χ1v) is 22.2. The lowest BCUT2D eigenvalue weighted by Crippen LogP contribution is -2.07. The molecule has 64 heavy (non-hydrogen) atoms. The predicted molar refractivity (Wildman–Crippen MR) is 269 cm³/mol. The maximum absolute atomic E-state index is 9.07. The summed E-state index contributed by atoms with van der Waals surface area (Å²) in [5.41, 5.74) is 6.38. The van der Waals surface area contributed by atoms with Gasteiger partial charge in [-0.25, -0.2) is 19.9 Å². The van der Waals surface area contributed by atoms with Gasteiger partial charge in [0.15, 0.2) is 0 Å². The van der Waals surface area contributed by atoms with Crippen molar-refractivity contribution < 1.29 is 0 Å². The summed E-state index contributed by atoms with van der Waals surface area (Å²) in [5.74, 6) is 0. The van der Waals surface area contributed by atoms with Crippen molar-refractivity contribution in [1.82, 2.24) is 19.9 Å². The highest BCUT2D eigenvalue weighted by molar-refractivity contribution is 8.27. The minimum atomic E-state index is 0.103. The molecule has 0 aliphatic heterocycles. The van der Waals surface area contributed by atoms with Gasteiger partial charge in [0.25, 0.3) is 0 Å². The highest BCUT2D eigenvalue weighted by Gasteiger charge is 2.18. The van der Waals surface area contributed by atoms with E-state index in [9.17, 15) is 0 Å². The van der Waals surface area contributed by atoms with E-state index in [0.717, 1.165) is 89.1 Å². The highest BCUT2D eigenvalue weighted by Crippen LogP contribution is 2.36. The van der Waals surface area contributed by atoms with Crippen molar-refractivity contribution in [2.24, 2.45) is 0 Å². The molecule has 4 heterocycles. The molecule has 4 N–H and O–H groups in total. The number of thioether (sulfide) groups is 2. The molecule has 11 aromatic rings. The molecule has 0 spiro atoms. The van der Waals surface area contributed by atoms with E-state index in [4.69, 9.17) is 41.6 Å². The lowest BCUT2D eigenvalue weighted by molar-refractivity contribution is 1.29. The molecule has 7 aromatic carbocycles. The number of nitrogens with one attached hydrogen (secondary N) is 4. The zero-order chi connectivity index (χ0) is 43.3. The van der Waals surface area contributed by atoms with Gasteiger partial charge >= 0.3 is 0 Å². The van der Waals surface area contributed by atoms with Gasteiger partial charge in [-0.3, -0.25) is 21.6 Å². The molecule has 0 saturated carbocycles. The van der Waals surface area contributed by atoms with Crippen LogP contribution in [0.4, 0.5) is 0 Å². The van der Waals surface area contributed by atoms with Crippen LogP contribution in [-0.2, 0) is 0 Å². The second kappa shape index (κ2) is 16.1. The fourth-order valence-electron chi connectivity index (χ4n) is 8.39. The van der Waals surface area contributed by atoms with Gasteiger partial charge in [-0.05, 0) is 115 Å². The van der Waals surface area contributed by atoms with E-state index in [2.05, 4.69) is 72.8 Å². The number of rotatable bonds is 6. The molecule has 0 radical (unpaired) electrons. The zero-order valence-electron chi connectivity index (χ0n) is 33.9. The van der Waals surface area contributed by atoms with Crippen molar-refractivity contribution in [2.75, 3.05) is 0 Å². The lowest BCUT2D eigenvalue weighted by Gasteiger charge is -2.12. The van der Waals surface area contributed by atoms with Crippen LogP contribution in [0.2, 0.25) is 0 Å². The van der Waals surface area contributed by atoms with Crippen molar-refractivity contribution in [3.05, 3.63) is 205 Å². The van der Waals surface area contributed by atoms with Crippen LogP contribution >= 0.6 is 23.5 Å². The van der Waals surface area contributed by atoms with Crippen molar-refractivity contribution >= 4 is 109 Å². The van der Waals surface area contributed by atoms with Gasteiger partial charge < -0.3 is 0 Å². The number of pyridine rings is 4. The van der Waals surface area contributed by atoms with Crippen LogP contribution in [0.3, 0.4) is 0 Å². The van der Waals surface area contributed by atoms with E-state index < -0.39 is 0 Å². The largest absolute Gasteiger partial charge is 0.292 e. The van der Waals surface area contributed by atoms with Crippen molar-refractivity contribution in [3.63, 3.8) is 0 Å². The Morgan fingerprint density at radius 3 is 1.06 bits per heavy atom. The normalized spacial score (nSPS) is 11.5. The summed E-state index contributed by atoms with van der Waals surface area (Å²) in [6.45, 7) is 0. The van der Waals surface area contributed by atoms with Crippen LogP contribution in [0.25, 0.3) is 87.4 Å². The summed E-state index contributed by atoms with van der Waals surface area (Å²) in [4.78, 5) is 19.7. The van der Waals surface area contributed by atoms with Gasteiger partial charge in [0.1, 0.15) is 20.2 Å². The molecule has 11 rings (SSSR count).